The number of allylic oxidation sites excluding steroid dienone is 1. The lowest BCUT2D eigenvalue weighted by Crippen LogP contribution is -2.52. The molecular formula is C28H23FN4O5. The molecule has 3 aromatic rings. The van der Waals surface area contributed by atoms with E-state index in [-0.39, 0.29) is 61.2 Å². The maximum atomic E-state index is 14.5. The fourth-order valence-electron chi connectivity index (χ4n) is 5.63. The Morgan fingerprint density at radius 3 is 2.53 bits per heavy atom. The highest BCUT2D eigenvalue weighted by atomic mass is 19.1. The number of hydrogen-bond donors (Lipinski definition) is 3. The molecule has 38 heavy (non-hydrogen) atoms. The van der Waals surface area contributed by atoms with Crippen LogP contribution in [0.4, 0.5) is 10.1 Å². The van der Waals surface area contributed by atoms with Gasteiger partial charge in [0, 0.05) is 71.8 Å². The van der Waals surface area contributed by atoms with Gasteiger partial charge in [0.2, 0.25) is 11.8 Å². The summed E-state index contributed by atoms with van der Waals surface area (Å²) in [6, 6.07) is 9.01. The first kappa shape index (κ1) is 23.8. The first-order chi connectivity index (χ1) is 18.3. The molecule has 3 heterocycles. The Kier molecular flexibility index (Phi) is 5.67. The zero-order valence-electron chi connectivity index (χ0n) is 20.2. The number of H-pyrrole nitrogens is 1. The molecule has 2 aromatic carbocycles. The summed E-state index contributed by atoms with van der Waals surface area (Å²) >= 11 is 0. The Morgan fingerprint density at radius 1 is 1.00 bits per heavy atom. The van der Waals surface area contributed by atoms with E-state index >= 15 is 0 Å². The molecular weight excluding hydrogens is 491 g/mol. The number of fused-ring (bicyclic) bond motifs is 2. The van der Waals surface area contributed by atoms with Crippen molar-refractivity contribution in [3.63, 3.8) is 0 Å². The molecule has 1 aromatic heterocycles. The summed E-state index contributed by atoms with van der Waals surface area (Å²) in [4.78, 5) is 67.3. The quantitative estimate of drug-likeness (QED) is 0.279. The fourth-order valence-corrected chi connectivity index (χ4v) is 5.63. The summed E-state index contributed by atoms with van der Waals surface area (Å²) in [6.45, 7) is 0.156. The van der Waals surface area contributed by atoms with Crippen LogP contribution < -0.4 is 10.6 Å². The molecule has 2 fully saturated rings. The highest BCUT2D eigenvalue weighted by Gasteiger charge is 2.40. The highest BCUT2D eigenvalue weighted by Crippen LogP contribution is 2.37. The number of carbonyl (C=O) groups excluding carboxylic acids is 5. The molecule has 2 aliphatic heterocycles. The van der Waals surface area contributed by atoms with Gasteiger partial charge in [-0.2, -0.15) is 0 Å². The lowest BCUT2D eigenvalue weighted by atomic mass is 9.80. The van der Waals surface area contributed by atoms with Crippen molar-refractivity contribution in [1.29, 1.82) is 0 Å². The molecule has 9 nitrogen and oxygen atoms in total. The number of nitrogens with one attached hydrogen (secondary N) is 3. The van der Waals surface area contributed by atoms with E-state index < -0.39 is 23.7 Å². The predicted octanol–water partition coefficient (Wildman–Crippen LogP) is 3.08. The number of carbonyl (C=O) groups is 5. The average Bonchev–Trinajstić information content (AvgIpc) is 3.46. The predicted molar refractivity (Wildman–Crippen MR) is 134 cm³/mol. The van der Waals surface area contributed by atoms with Crippen LogP contribution in [0.15, 0.2) is 54.4 Å². The molecule has 3 N–H and O–H groups in total. The molecule has 0 bridgehead atoms. The monoisotopic (exact) mass is 514 g/mol. The van der Waals surface area contributed by atoms with Crippen molar-refractivity contribution in [2.24, 2.45) is 0 Å². The van der Waals surface area contributed by atoms with Crippen LogP contribution in [-0.2, 0) is 25.7 Å². The van der Waals surface area contributed by atoms with Gasteiger partial charge in [-0.1, -0.05) is 12.1 Å². The largest absolute Gasteiger partial charge is 0.361 e. The molecule has 10 heteroatoms. The van der Waals surface area contributed by atoms with Crippen molar-refractivity contribution < 1.29 is 28.4 Å². The maximum absolute atomic E-state index is 14.5. The molecule has 0 spiro atoms. The van der Waals surface area contributed by atoms with Crippen molar-refractivity contribution in [3.05, 3.63) is 76.9 Å². The summed E-state index contributed by atoms with van der Waals surface area (Å²) in [5.74, 6) is -2.70. The number of amides is 3. The molecule has 3 aliphatic rings. The van der Waals surface area contributed by atoms with E-state index in [0.29, 0.717) is 33.3 Å². The standard InChI is InChI=1S/C28H23FN4O5/c29-19-4-2-6-21-26(19)16(11-31-21)14-9-23(34)17(24(35)10-14)12-30-20-5-1-3-15-18(20)13-33(28(15)38)22-7-8-25(36)32-27(22)37/h1-6,11-12,14,22,30-31H,7-10,13H2,(H,32,36,37). The second-order valence-corrected chi connectivity index (χ2v) is 9.79. The molecule has 192 valence electrons. The van der Waals surface area contributed by atoms with Gasteiger partial charge < -0.3 is 15.2 Å². The number of rotatable bonds is 4. The molecule has 3 amide bonds. The smallest absolute Gasteiger partial charge is 0.255 e. The van der Waals surface area contributed by atoms with Crippen molar-refractivity contribution in [1.82, 2.24) is 15.2 Å². The molecule has 1 aliphatic carbocycles. The van der Waals surface area contributed by atoms with Gasteiger partial charge in [-0.3, -0.25) is 29.3 Å². The van der Waals surface area contributed by atoms with Gasteiger partial charge in [-0.25, -0.2) is 4.39 Å². The van der Waals surface area contributed by atoms with E-state index in [0.717, 1.165) is 0 Å². The van der Waals surface area contributed by atoms with Crippen molar-refractivity contribution in [2.75, 3.05) is 5.32 Å². The minimum atomic E-state index is -0.744. The Balaban J connectivity index is 1.21. The number of anilines is 1. The van der Waals surface area contributed by atoms with Gasteiger partial charge in [0.25, 0.3) is 5.91 Å². The fraction of sp³-hybridized carbons (Fsp3) is 0.250. The Morgan fingerprint density at radius 2 is 1.76 bits per heavy atom. The topological polar surface area (TPSA) is 128 Å². The zero-order chi connectivity index (χ0) is 26.6. The summed E-state index contributed by atoms with van der Waals surface area (Å²) in [7, 11) is 0. The lowest BCUT2D eigenvalue weighted by Gasteiger charge is -2.29. The van der Waals surface area contributed by atoms with E-state index in [4.69, 9.17) is 0 Å². The second-order valence-electron chi connectivity index (χ2n) is 9.79. The van der Waals surface area contributed by atoms with Crippen molar-refractivity contribution >= 4 is 45.9 Å². The van der Waals surface area contributed by atoms with E-state index in [1.807, 2.05) is 0 Å². The van der Waals surface area contributed by atoms with Gasteiger partial charge in [0.05, 0.1) is 5.57 Å². The maximum Gasteiger partial charge on any atom is 0.255 e. The van der Waals surface area contributed by atoms with Crippen LogP contribution in [-0.4, -0.2) is 45.2 Å². The molecule has 0 radical (unpaired) electrons. The summed E-state index contributed by atoms with van der Waals surface area (Å²) in [5, 5.41) is 5.70. The number of aromatic amines is 1. The number of imide groups is 1. The Labute approximate surface area is 216 Å². The van der Waals surface area contributed by atoms with Gasteiger partial charge >= 0.3 is 0 Å². The first-order valence-corrected chi connectivity index (χ1v) is 12.4. The number of benzene rings is 2. The molecule has 1 atom stereocenters. The van der Waals surface area contributed by atoms with E-state index in [1.165, 1.54) is 17.2 Å². The van der Waals surface area contributed by atoms with Crippen molar-refractivity contribution in [2.45, 2.75) is 44.2 Å². The molecule has 1 unspecified atom stereocenters. The Bertz CT molecular complexity index is 1570. The third kappa shape index (κ3) is 3.89. The molecule has 6 rings (SSSR count). The molecule has 1 saturated carbocycles. The Hall–Kier alpha value is -4.60. The van der Waals surface area contributed by atoms with E-state index in [2.05, 4.69) is 15.6 Å². The first-order valence-electron chi connectivity index (χ1n) is 12.4. The summed E-state index contributed by atoms with van der Waals surface area (Å²) in [5.41, 5.74) is 2.84. The average molecular weight is 515 g/mol. The normalized spacial score (nSPS) is 21.7. The zero-order valence-corrected chi connectivity index (χ0v) is 20.2. The minimum Gasteiger partial charge on any atom is -0.361 e. The number of halogens is 1. The van der Waals surface area contributed by atoms with Crippen LogP contribution in [0.2, 0.25) is 0 Å². The number of nitrogens with zero attached hydrogens (tertiary/aromatic N) is 1. The van der Waals surface area contributed by atoms with Gasteiger partial charge in [-0.05, 0) is 36.2 Å². The van der Waals surface area contributed by atoms with Crippen LogP contribution >= 0.6 is 0 Å². The summed E-state index contributed by atoms with van der Waals surface area (Å²) in [6.07, 6.45) is 3.56. The van der Waals surface area contributed by atoms with Gasteiger partial charge in [0.15, 0.2) is 11.6 Å². The van der Waals surface area contributed by atoms with Gasteiger partial charge in [-0.15, -0.1) is 0 Å². The SMILES string of the molecule is O=C1CCC(N2Cc3c(NC=C4C(=O)CC(c5c[nH]c6cccc(F)c56)CC4=O)cccc3C2=O)C(=O)N1. The van der Waals surface area contributed by atoms with E-state index in [1.54, 1.807) is 36.5 Å². The van der Waals surface area contributed by atoms with Crippen LogP contribution in [0.5, 0.6) is 0 Å². The lowest BCUT2D eigenvalue weighted by molar-refractivity contribution is -0.137. The van der Waals surface area contributed by atoms with Gasteiger partial charge in [0.1, 0.15) is 11.9 Å². The van der Waals surface area contributed by atoms with Crippen LogP contribution in [0.1, 0.15) is 53.1 Å². The number of piperidine rings is 1. The minimum absolute atomic E-state index is 0.0190. The molecule has 1 saturated heterocycles. The number of ketones is 2. The third-order valence-electron chi connectivity index (χ3n) is 7.54. The van der Waals surface area contributed by atoms with Crippen molar-refractivity contribution in [3.8, 4) is 0 Å². The van der Waals surface area contributed by atoms with Crippen LogP contribution in [0.3, 0.4) is 0 Å². The summed E-state index contributed by atoms with van der Waals surface area (Å²) < 4.78 is 14.5. The number of hydrogen-bond acceptors (Lipinski definition) is 6. The van der Waals surface area contributed by atoms with Crippen LogP contribution in [0.25, 0.3) is 10.9 Å². The second kappa shape index (κ2) is 9.05. The van der Waals surface area contributed by atoms with Crippen LogP contribution in [0, 0.1) is 5.82 Å². The number of aromatic nitrogens is 1. The highest BCUT2D eigenvalue weighted by molar-refractivity contribution is 6.22. The van der Waals surface area contributed by atoms with E-state index in [9.17, 15) is 28.4 Å². The third-order valence-corrected chi connectivity index (χ3v) is 7.54. The number of Topliss-reactive ketones (excluding diaryl/α,β-unsaturated/α-hetero) is 2.